The molecule has 18 heavy (non-hydrogen) atoms. The lowest BCUT2D eigenvalue weighted by Gasteiger charge is -2.38. The van der Waals surface area contributed by atoms with Crippen molar-refractivity contribution in [2.24, 2.45) is 0 Å². The van der Waals surface area contributed by atoms with Crippen molar-refractivity contribution in [3.63, 3.8) is 0 Å². The lowest BCUT2D eigenvalue weighted by molar-refractivity contribution is 0.434. The smallest absolute Gasteiger partial charge is 0.0474 e. The van der Waals surface area contributed by atoms with Crippen LogP contribution in [-0.2, 0) is 5.88 Å². The Morgan fingerprint density at radius 3 is 2.83 bits per heavy atom. The number of hydrogen-bond donors (Lipinski definition) is 0. The Morgan fingerprint density at radius 2 is 2.17 bits per heavy atom. The molecule has 1 fully saturated rings. The highest BCUT2D eigenvalue weighted by molar-refractivity contribution is 6.17. The fourth-order valence-corrected chi connectivity index (χ4v) is 3.24. The summed E-state index contributed by atoms with van der Waals surface area (Å²) in [5, 5.41) is 0. The molecular weight excluding hydrogens is 242 g/mol. The van der Waals surface area contributed by atoms with Gasteiger partial charge in [0.25, 0.3) is 0 Å². The Balaban J connectivity index is 2.22. The van der Waals surface area contributed by atoms with E-state index in [9.17, 15) is 0 Å². The molecule has 1 unspecified atom stereocenters. The summed E-state index contributed by atoms with van der Waals surface area (Å²) in [6, 6.07) is 7.41. The van der Waals surface area contributed by atoms with Crippen LogP contribution in [0.1, 0.15) is 50.2 Å². The molecule has 1 aliphatic heterocycles. The van der Waals surface area contributed by atoms with E-state index in [0.717, 1.165) is 6.04 Å². The van der Waals surface area contributed by atoms with E-state index in [0.29, 0.717) is 5.88 Å². The lowest BCUT2D eigenvalue weighted by atomic mass is 9.96. The van der Waals surface area contributed by atoms with Gasteiger partial charge in [0.2, 0.25) is 0 Å². The summed E-state index contributed by atoms with van der Waals surface area (Å²) in [5.74, 6) is 0.611. The first kappa shape index (κ1) is 13.7. The van der Waals surface area contributed by atoms with Gasteiger partial charge in [0.15, 0.2) is 0 Å². The van der Waals surface area contributed by atoms with Crippen LogP contribution in [0, 0.1) is 6.92 Å². The number of aryl methyl sites for hydroxylation is 1. The van der Waals surface area contributed by atoms with Crippen LogP contribution in [0.25, 0.3) is 0 Å². The summed E-state index contributed by atoms with van der Waals surface area (Å²) >= 11 is 5.90. The quantitative estimate of drug-likeness (QED) is 0.701. The first-order valence-corrected chi connectivity index (χ1v) is 7.72. The molecule has 1 aliphatic rings. The van der Waals surface area contributed by atoms with Gasteiger partial charge in [0.05, 0.1) is 0 Å². The summed E-state index contributed by atoms with van der Waals surface area (Å²) in [4.78, 5) is 2.63. The molecule has 0 radical (unpaired) electrons. The standard InChI is InChI=1S/C16H24ClN/c1-3-6-15-7-4-5-10-18(15)16-9-8-14(12-17)11-13(16)2/h8-9,11,15H,3-7,10,12H2,1-2H3. The molecule has 2 heteroatoms. The van der Waals surface area contributed by atoms with Gasteiger partial charge in [-0.05, 0) is 49.8 Å². The van der Waals surface area contributed by atoms with Crippen molar-refractivity contribution in [3.8, 4) is 0 Å². The van der Waals surface area contributed by atoms with Crippen molar-refractivity contribution < 1.29 is 0 Å². The second kappa shape index (κ2) is 6.47. The third-order valence-electron chi connectivity index (χ3n) is 3.97. The molecule has 1 heterocycles. The Labute approximate surface area is 116 Å². The number of benzene rings is 1. The second-order valence-electron chi connectivity index (χ2n) is 5.39. The molecule has 0 saturated carbocycles. The maximum absolute atomic E-state index is 5.90. The van der Waals surface area contributed by atoms with Crippen LogP contribution >= 0.6 is 11.6 Å². The van der Waals surface area contributed by atoms with Crippen molar-refractivity contribution in [3.05, 3.63) is 29.3 Å². The number of alkyl halides is 1. The van der Waals surface area contributed by atoms with Gasteiger partial charge in [-0.15, -0.1) is 11.6 Å². The maximum atomic E-state index is 5.90. The number of piperidine rings is 1. The Hall–Kier alpha value is -0.690. The highest BCUT2D eigenvalue weighted by Gasteiger charge is 2.22. The highest BCUT2D eigenvalue weighted by atomic mass is 35.5. The van der Waals surface area contributed by atoms with Gasteiger partial charge in [-0.2, -0.15) is 0 Å². The van der Waals surface area contributed by atoms with E-state index in [1.165, 1.54) is 55.5 Å². The summed E-state index contributed by atoms with van der Waals surface area (Å²) < 4.78 is 0. The highest BCUT2D eigenvalue weighted by Crippen LogP contribution is 2.30. The van der Waals surface area contributed by atoms with Gasteiger partial charge < -0.3 is 4.90 Å². The van der Waals surface area contributed by atoms with Gasteiger partial charge >= 0.3 is 0 Å². The van der Waals surface area contributed by atoms with Gasteiger partial charge in [0, 0.05) is 24.2 Å². The SMILES string of the molecule is CCCC1CCCCN1c1ccc(CCl)cc1C. The minimum atomic E-state index is 0.611. The largest absolute Gasteiger partial charge is 0.368 e. The van der Waals surface area contributed by atoms with Crippen molar-refractivity contribution in [1.29, 1.82) is 0 Å². The Kier molecular flexibility index (Phi) is 4.94. The molecular formula is C16H24ClN. The lowest BCUT2D eigenvalue weighted by Crippen LogP contribution is -2.39. The van der Waals surface area contributed by atoms with Crippen molar-refractivity contribution in [2.45, 2.75) is 57.9 Å². The zero-order valence-corrected chi connectivity index (χ0v) is 12.3. The van der Waals surface area contributed by atoms with E-state index in [4.69, 9.17) is 11.6 Å². The van der Waals surface area contributed by atoms with E-state index in [1.807, 2.05) is 0 Å². The first-order valence-electron chi connectivity index (χ1n) is 7.18. The zero-order valence-electron chi connectivity index (χ0n) is 11.6. The van der Waals surface area contributed by atoms with Crippen LogP contribution < -0.4 is 4.90 Å². The topological polar surface area (TPSA) is 3.24 Å². The average molecular weight is 266 g/mol. The molecule has 1 aromatic carbocycles. The van der Waals surface area contributed by atoms with E-state index >= 15 is 0 Å². The van der Waals surface area contributed by atoms with Crippen LogP contribution in [0.3, 0.4) is 0 Å². The maximum Gasteiger partial charge on any atom is 0.0474 e. The predicted molar refractivity (Wildman–Crippen MR) is 80.6 cm³/mol. The van der Waals surface area contributed by atoms with Gasteiger partial charge in [0.1, 0.15) is 0 Å². The molecule has 2 rings (SSSR count). The molecule has 100 valence electrons. The third kappa shape index (κ3) is 3.00. The number of halogens is 1. The summed E-state index contributed by atoms with van der Waals surface area (Å²) in [7, 11) is 0. The monoisotopic (exact) mass is 265 g/mol. The molecule has 0 spiro atoms. The zero-order chi connectivity index (χ0) is 13.0. The Morgan fingerprint density at radius 1 is 1.33 bits per heavy atom. The average Bonchev–Trinajstić information content (AvgIpc) is 2.40. The fourth-order valence-electron chi connectivity index (χ4n) is 3.07. The third-order valence-corrected chi connectivity index (χ3v) is 4.28. The number of hydrogen-bond acceptors (Lipinski definition) is 1. The van der Waals surface area contributed by atoms with Crippen LogP contribution in [-0.4, -0.2) is 12.6 Å². The molecule has 0 N–H and O–H groups in total. The minimum absolute atomic E-state index is 0.611. The number of anilines is 1. The molecule has 0 aromatic heterocycles. The van der Waals surface area contributed by atoms with Gasteiger partial charge in [-0.25, -0.2) is 0 Å². The Bertz CT molecular complexity index is 387. The molecule has 0 amide bonds. The van der Waals surface area contributed by atoms with E-state index in [1.54, 1.807) is 0 Å². The summed E-state index contributed by atoms with van der Waals surface area (Å²) in [6.45, 7) is 5.71. The number of rotatable bonds is 4. The van der Waals surface area contributed by atoms with Crippen LogP contribution in [0.4, 0.5) is 5.69 Å². The molecule has 1 nitrogen and oxygen atoms in total. The molecule has 0 aliphatic carbocycles. The summed E-state index contributed by atoms with van der Waals surface area (Å²) in [6.07, 6.45) is 6.66. The molecule has 1 aromatic rings. The first-order chi connectivity index (χ1) is 8.76. The van der Waals surface area contributed by atoms with Crippen molar-refractivity contribution in [2.75, 3.05) is 11.4 Å². The normalized spacial score (nSPS) is 20.2. The van der Waals surface area contributed by atoms with Crippen LogP contribution in [0.5, 0.6) is 0 Å². The predicted octanol–water partition coefficient (Wildman–Crippen LogP) is 4.89. The van der Waals surface area contributed by atoms with Crippen molar-refractivity contribution in [1.82, 2.24) is 0 Å². The van der Waals surface area contributed by atoms with Gasteiger partial charge in [-0.3, -0.25) is 0 Å². The van der Waals surface area contributed by atoms with E-state index in [-0.39, 0.29) is 0 Å². The second-order valence-corrected chi connectivity index (χ2v) is 5.65. The van der Waals surface area contributed by atoms with Crippen LogP contribution in [0.15, 0.2) is 18.2 Å². The van der Waals surface area contributed by atoms with E-state index < -0.39 is 0 Å². The summed E-state index contributed by atoms with van der Waals surface area (Å²) in [5.41, 5.74) is 4.01. The van der Waals surface area contributed by atoms with E-state index in [2.05, 4.69) is 36.9 Å². The molecule has 1 saturated heterocycles. The van der Waals surface area contributed by atoms with Crippen LogP contribution in [0.2, 0.25) is 0 Å². The fraction of sp³-hybridized carbons (Fsp3) is 0.625. The molecule has 1 atom stereocenters. The van der Waals surface area contributed by atoms with Crippen molar-refractivity contribution >= 4 is 17.3 Å². The number of nitrogens with zero attached hydrogens (tertiary/aromatic N) is 1. The minimum Gasteiger partial charge on any atom is -0.368 e. The van der Waals surface area contributed by atoms with Gasteiger partial charge in [-0.1, -0.05) is 25.5 Å². The molecule has 0 bridgehead atoms.